The lowest BCUT2D eigenvalue weighted by Crippen LogP contribution is -2.19. The van der Waals surface area contributed by atoms with E-state index in [0.29, 0.717) is 24.7 Å². The molecule has 8 heteroatoms. The van der Waals surface area contributed by atoms with Crippen molar-refractivity contribution in [3.8, 4) is 22.8 Å². The Hall–Kier alpha value is -3.62. The van der Waals surface area contributed by atoms with Crippen molar-refractivity contribution in [1.29, 1.82) is 0 Å². The van der Waals surface area contributed by atoms with Gasteiger partial charge in [-0.05, 0) is 43.2 Å². The molecule has 184 valence electrons. The van der Waals surface area contributed by atoms with Crippen LogP contribution in [0, 0.1) is 6.92 Å². The second-order valence-corrected chi connectivity index (χ2v) is 9.94. The Labute approximate surface area is 219 Å². The second kappa shape index (κ2) is 12.9. The van der Waals surface area contributed by atoms with Gasteiger partial charge in [-0.3, -0.25) is 4.79 Å². The molecule has 1 aromatic heterocycles. The van der Waals surface area contributed by atoms with Crippen molar-refractivity contribution < 1.29 is 14.3 Å². The highest BCUT2D eigenvalue weighted by atomic mass is 32.2. The highest BCUT2D eigenvalue weighted by Crippen LogP contribution is 2.29. The first-order chi connectivity index (χ1) is 17.6. The molecule has 0 aliphatic carbocycles. The summed E-state index contributed by atoms with van der Waals surface area (Å²) in [6.07, 6.45) is 1.59. The maximum absolute atomic E-state index is 12.2. The van der Waals surface area contributed by atoms with Gasteiger partial charge >= 0.3 is 0 Å². The minimum absolute atomic E-state index is 0.198. The molecule has 1 amide bonds. The van der Waals surface area contributed by atoms with E-state index in [1.807, 2.05) is 73.0 Å². The number of rotatable bonds is 11. The van der Waals surface area contributed by atoms with Crippen molar-refractivity contribution in [1.82, 2.24) is 10.4 Å². The number of thiazole rings is 1. The molecule has 0 unspecified atom stereocenters. The Balaban J connectivity index is 1.28. The van der Waals surface area contributed by atoms with Gasteiger partial charge in [-0.15, -0.1) is 11.3 Å². The molecule has 4 aromatic rings. The van der Waals surface area contributed by atoms with Gasteiger partial charge in [0.05, 0.1) is 24.3 Å². The van der Waals surface area contributed by atoms with Gasteiger partial charge in [0.2, 0.25) is 0 Å². The van der Waals surface area contributed by atoms with Gasteiger partial charge in [0.1, 0.15) is 6.61 Å². The number of hydrazone groups is 1. The van der Waals surface area contributed by atoms with Crippen LogP contribution >= 0.6 is 23.1 Å². The topological polar surface area (TPSA) is 72.8 Å². The normalized spacial score (nSPS) is 10.9. The molecule has 0 bridgehead atoms. The third kappa shape index (κ3) is 7.44. The van der Waals surface area contributed by atoms with Crippen LogP contribution in [-0.4, -0.2) is 29.5 Å². The summed E-state index contributed by atoms with van der Waals surface area (Å²) in [7, 11) is 0. The van der Waals surface area contributed by atoms with Crippen molar-refractivity contribution in [2.24, 2.45) is 5.10 Å². The van der Waals surface area contributed by atoms with E-state index in [-0.39, 0.29) is 11.7 Å². The second-order valence-electron chi connectivity index (χ2n) is 7.86. The largest absolute Gasteiger partial charge is 0.490 e. The Bertz CT molecular complexity index is 1310. The number of amides is 1. The maximum atomic E-state index is 12.2. The molecule has 4 rings (SSSR count). The van der Waals surface area contributed by atoms with E-state index in [1.54, 1.807) is 6.21 Å². The smallest absolute Gasteiger partial charge is 0.250 e. The molecule has 6 nitrogen and oxygen atoms in total. The van der Waals surface area contributed by atoms with Crippen LogP contribution in [0.2, 0.25) is 0 Å². The standard InChI is InChI=1S/C28H27N3O3S2/c1-3-33-26-15-22(13-14-25(26)34-17-21-11-9-20(2)10-12-21)16-29-31-27(32)19-36-28-30-24(18-35-28)23-7-5-4-6-8-23/h4-16,18H,3,17,19H2,1-2H3,(H,31,32)/b29-16+. The summed E-state index contributed by atoms with van der Waals surface area (Å²) in [4.78, 5) is 16.8. The summed E-state index contributed by atoms with van der Waals surface area (Å²) < 4.78 is 12.6. The first-order valence-electron chi connectivity index (χ1n) is 11.5. The van der Waals surface area contributed by atoms with Crippen molar-refractivity contribution >= 4 is 35.2 Å². The molecule has 0 aliphatic heterocycles. The number of ether oxygens (including phenoxy) is 2. The summed E-state index contributed by atoms with van der Waals surface area (Å²) in [5, 5.41) is 6.09. The minimum atomic E-state index is -0.198. The van der Waals surface area contributed by atoms with Gasteiger partial charge in [-0.1, -0.05) is 71.9 Å². The first kappa shape index (κ1) is 25.5. The highest BCUT2D eigenvalue weighted by molar-refractivity contribution is 8.01. The van der Waals surface area contributed by atoms with E-state index < -0.39 is 0 Å². The van der Waals surface area contributed by atoms with E-state index >= 15 is 0 Å². The van der Waals surface area contributed by atoms with Crippen molar-refractivity contribution in [3.05, 3.63) is 94.9 Å². The van der Waals surface area contributed by atoms with Crippen molar-refractivity contribution in [2.75, 3.05) is 12.4 Å². The lowest BCUT2D eigenvalue weighted by atomic mass is 10.2. The zero-order valence-corrected chi connectivity index (χ0v) is 21.8. The van der Waals surface area contributed by atoms with Gasteiger partial charge in [-0.25, -0.2) is 10.4 Å². The van der Waals surface area contributed by atoms with Crippen molar-refractivity contribution in [2.45, 2.75) is 24.8 Å². The fourth-order valence-electron chi connectivity index (χ4n) is 3.24. The maximum Gasteiger partial charge on any atom is 0.250 e. The average Bonchev–Trinajstić information content (AvgIpc) is 3.38. The lowest BCUT2D eigenvalue weighted by Gasteiger charge is -2.12. The predicted molar refractivity (Wildman–Crippen MR) is 147 cm³/mol. The number of carbonyl (C=O) groups excluding carboxylic acids is 1. The van der Waals surface area contributed by atoms with E-state index in [9.17, 15) is 4.79 Å². The molecular formula is C28H27N3O3S2. The third-order valence-corrected chi connectivity index (χ3v) is 7.09. The number of thioether (sulfide) groups is 1. The number of aromatic nitrogens is 1. The molecule has 36 heavy (non-hydrogen) atoms. The monoisotopic (exact) mass is 517 g/mol. The van der Waals surface area contributed by atoms with Crippen LogP contribution in [0.3, 0.4) is 0 Å². The predicted octanol–water partition coefficient (Wildman–Crippen LogP) is 6.34. The zero-order chi connectivity index (χ0) is 25.2. The molecule has 0 fully saturated rings. The molecule has 1 N–H and O–H groups in total. The fourth-order valence-corrected chi connectivity index (χ4v) is 4.87. The molecule has 0 radical (unpaired) electrons. The molecule has 0 saturated carbocycles. The minimum Gasteiger partial charge on any atom is -0.490 e. The fraction of sp³-hybridized carbons (Fsp3) is 0.179. The van der Waals surface area contributed by atoms with E-state index in [0.717, 1.165) is 26.7 Å². The first-order valence-corrected chi connectivity index (χ1v) is 13.4. The third-order valence-electron chi connectivity index (χ3n) is 5.06. The summed E-state index contributed by atoms with van der Waals surface area (Å²) in [5.41, 5.74) is 7.64. The van der Waals surface area contributed by atoms with Gasteiger partial charge in [-0.2, -0.15) is 5.10 Å². The highest BCUT2D eigenvalue weighted by Gasteiger charge is 2.09. The molecular weight excluding hydrogens is 490 g/mol. The van der Waals surface area contributed by atoms with E-state index in [2.05, 4.69) is 34.6 Å². The Kier molecular flexibility index (Phi) is 9.13. The SMILES string of the molecule is CCOc1cc(/C=N/NC(=O)CSc2nc(-c3ccccc3)cs2)ccc1OCc1ccc(C)cc1. The molecule has 0 spiro atoms. The Morgan fingerprint density at radius 2 is 1.86 bits per heavy atom. The number of benzene rings is 3. The summed E-state index contributed by atoms with van der Waals surface area (Å²) in [6, 6.07) is 23.8. The number of hydrogen-bond acceptors (Lipinski definition) is 7. The number of hydrogen-bond donors (Lipinski definition) is 1. The molecule has 0 saturated heterocycles. The van der Waals surface area contributed by atoms with E-state index in [4.69, 9.17) is 9.47 Å². The van der Waals surface area contributed by atoms with Gasteiger partial charge < -0.3 is 9.47 Å². The van der Waals surface area contributed by atoms with Crippen LogP contribution in [-0.2, 0) is 11.4 Å². The lowest BCUT2D eigenvalue weighted by molar-refractivity contribution is -0.118. The number of nitrogens with one attached hydrogen (secondary N) is 1. The van der Waals surface area contributed by atoms with Crippen LogP contribution in [0.15, 0.2) is 87.6 Å². The van der Waals surface area contributed by atoms with Crippen LogP contribution in [0.25, 0.3) is 11.3 Å². The molecule has 3 aromatic carbocycles. The number of aryl methyl sites for hydroxylation is 1. The quantitative estimate of drug-likeness (QED) is 0.143. The molecule has 1 heterocycles. The summed E-state index contributed by atoms with van der Waals surface area (Å²) in [5.74, 6) is 1.33. The van der Waals surface area contributed by atoms with Gasteiger partial charge in [0.15, 0.2) is 15.8 Å². The van der Waals surface area contributed by atoms with Crippen LogP contribution in [0.5, 0.6) is 11.5 Å². The number of carbonyl (C=O) groups is 1. The van der Waals surface area contributed by atoms with Crippen LogP contribution < -0.4 is 14.9 Å². The summed E-state index contributed by atoms with van der Waals surface area (Å²) >= 11 is 2.92. The van der Waals surface area contributed by atoms with Crippen molar-refractivity contribution in [3.63, 3.8) is 0 Å². The Morgan fingerprint density at radius 1 is 1.06 bits per heavy atom. The molecule has 0 atom stereocenters. The van der Waals surface area contributed by atoms with Gasteiger partial charge in [0, 0.05) is 10.9 Å². The van der Waals surface area contributed by atoms with Crippen LogP contribution in [0.4, 0.5) is 0 Å². The summed E-state index contributed by atoms with van der Waals surface area (Å²) in [6.45, 7) is 4.95. The van der Waals surface area contributed by atoms with Crippen LogP contribution in [0.1, 0.15) is 23.6 Å². The zero-order valence-electron chi connectivity index (χ0n) is 20.1. The van der Waals surface area contributed by atoms with Gasteiger partial charge in [0.25, 0.3) is 5.91 Å². The average molecular weight is 518 g/mol. The molecule has 0 aliphatic rings. The Morgan fingerprint density at radius 3 is 2.64 bits per heavy atom. The number of nitrogens with zero attached hydrogens (tertiary/aromatic N) is 2. The van der Waals surface area contributed by atoms with E-state index in [1.165, 1.54) is 28.7 Å².